The third kappa shape index (κ3) is 2.76. The Bertz CT molecular complexity index is 353. The average Bonchev–Trinajstić information content (AvgIpc) is 2.56. The normalized spacial score (nSPS) is 17.0. The molecular formula is C14H16. The fourth-order valence-corrected chi connectivity index (χ4v) is 1.32. The average molecular weight is 184 g/mol. The number of hydrogen-bond acceptors (Lipinski definition) is 0. The van der Waals surface area contributed by atoms with Gasteiger partial charge in [0.25, 0.3) is 0 Å². The fraction of sp³-hybridized carbons (Fsp3) is 0.214. The Morgan fingerprint density at radius 1 is 1.07 bits per heavy atom. The lowest BCUT2D eigenvalue weighted by molar-refractivity contribution is 1.27. The van der Waals surface area contributed by atoms with Gasteiger partial charge in [-0.2, -0.15) is 0 Å². The Morgan fingerprint density at radius 3 is 2.79 bits per heavy atom. The summed E-state index contributed by atoms with van der Waals surface area (Å²) in [5, 5.41) is 0. The van der Waals surface area contributed by atoms with Crippen LogP contribution >= 0.6 is 0 Å². The Kier molecular flexibility index (Phi) is 4.54. The van der Waals surface area contributed by atoms with Gasteiger partial charge < -0.3 is 0 Å². The molecule has 0 spiro atoms. The molecule has 0 unspecified atom stereocenters. The third-order valence-electron chi connectivity index (χ3n) is 1.96. The van der Waals surface area contributed by atoms with Crippen molar-refractivity contribution >= 4 is 0 Å². The van der Waals surface area contributed by atoms with E-state index in [2.05, 4.69) is 36.1 Å². The van der Waals surface area contributed by atoms with E-state index in [9.17, 15) is 0 Å². The minimum Gasteiger partial charge on any atom is -0.120 e. The first-order valence-corrected chi connectivity index (χ1v) is 5.12. The summed E-state index contributed by atoms with van der Waals surface area (Å²) in [6.07, 6.45) is 17.6. The van der Waals surface area contributed by atoms with Crippen LogP contribution < -0.4 is 0 Å². The molecule has 0 aromatic heterocycles. The number of rotatable bonds is 0. The molecule has 0 saturated heterocycles. The van der Waals surface area contributed by atoms with Crippen LogP contribution in [-0.4, -0.2) is 0 Å². The maximum absolute atomic E-state index is 3.10. The summed E-state index contributed by atoms with van der Waals surface area (Å²) in [7, 11) is 0. The molecule has 2 rings (SSSR count). The predicted molar refractivity (Wildman–Crippen MR) is 63.1 cm³/mol. The lowest BCUT2D eigenvalue weighted by atomic mass is 10.1. The first kappa shape index (κ1) is 10.6. The van der Waals surface area contributed by atoms with E-state index in [1.807, 2.05) is 32.1 Å². The minimum absolute atomic E-state index is 1.02. The Balaban J connectivity index is 0.000000461. The van der Waals surface area contributed by atoms with Gasteiger partial charge in [-0.3, -0.25) is 0 Å². The van der Waals surface area contributed by atoms with Gasteiger partial charge in [0.1, 0.15) is 0 Å². The molecule has 0 heteroatoms. The topological polar surface area (TPSA) is 0 Å². The molecule has 72 valence electrons. The monoisotopic (exact) mass is 184 g/mol. The summed E-state index contributed by atoms with van der Waals surface area (Å²) in [5.74, 6) is 0. The zero-order valence-electron chi connectivity index (χ0n) is 8.83. The van der Waals surface area contributed by atoms with E-state index in [1.54, 1.807) is 0 Å². The maximum Gasteiger partial charge on any atom is -0.00882 e. The Labute approximate surface area is 86.3 Å². The molecule has 0 heterocycles. The molecule has 14 heavy (non-hydrogen) atoms. The molecule has 0 fully saturated rings. The van der Waals surface area contributed by atoms with Crippen molar-refractivity contribution in [3.8, 4) is 0 Å². The SMILES string of the molecule is C1=CC=CC2=C(C=1)C=CC=CC2.CC. The van der Waals surface area contributed by atoms with Gasteiger partial charge >= 0.3 is 0 Å². The van der Waals surface area contributed by atoms with Crippen molar-refractivity contribution in [1.29, 1.82) is 0 Å². The van der Waals surface area contributed by atoms with E-state index < -0.39 is 0 Å². The van der Waals surface area contributed by atoms with Crippen molar-refractivity contribution in [2.24, 2.45) is 0 Å². The zero-order valence-corrected chi connectivity index (χ0v) is 8.83. The lowest BCUT2D eigenvalue weighted by Gasteiger charge is -1.98. The molecule has 0 N–H and O–H groups in total. The van der Waals surface area contributed by atoms with Crippen molar-refractivity contribution in [1.82, 2.24) is 0 Å². The van der Waals surface area contributed by atoms with Crippen LogP contribution in [0.2, 0.25) is 0 Å². The van der Waals surface area contributed by atoms with Gasteiger partial charge in [0.15, 0.2) is 0 Å². The Hall–Kier alpha value is -1.52. The molecule has 0 amide bonds. The van der Waals surface area contributed by atoms with Crippen molar-refractivity contribution in [2.75, 3.05) is 0 Å². The molecular weight excluding hydrogens is 168 g/mol. The third-order valence-corrected chi connectivity index (χ3v) is 1.96. The summed E-state index contributed by atoms with van der Waals surface area (Å²) < 4.78 is 0. The quantitative estimate of drug-likeness (QED) is 0.497. The number of hydrogen-bond donors (Lipinski definition) is 0. The van der Waals surface area contributed by atoms with E-state index in [0.717, 1.165) is 6.42 Å². The van der Waals surface area contributed by atoms with Crippen molar-refractivity contribution in [3.63, 3.8) is 0 Å². The van der Waals surface area contributed by atoms with Crippen LogP contribution in [-0.2, 0) is 0 Å². The van der Waals surface area contributed by atoms with Crippen LogP contribution in [0.4, 0.5) is 0 Å². The molecule has 0 atom stereocenters. The predicted octanol–water partition coefficient (Wildman–Crippen LogP) is 4.11. The highest BCUT2D eigenvalue weighted by Crippen LogP contribution is 2.18. The van der Waals surface area contributed by atoms with E-state index in [0.29, 0.717) is 0 Å². The summed E-state index contributed by atoms with van der Waals surface area (Å²) >= 11 is 0. The van der Waals surface area contributed by atoms with Crippen LogP contribution in [0, 0.1) is 0 Å². The van der Waals surface area contributed by atoms with E-state index in [-0.39, 0.29) is 0 Å². The van der Waals surface area contributed by atoms with Gasteiger partial charge in [-0.25, -0.2) is 0 Å². The Morgan fingerprint density at radius 2 is 1.93 bits per heavy atom. The second kappa shape index (κ2) is 6.01. The van der Waals surface area contributed by atoms with Crippen LogP contribution in [0.3, 0.4) is 0 Å². The van der Waals surface area contributed by atoms with Crippen molar-refractivity contribution < 1.29 is 0 Å². The standard InChI is InChI=1S/C12H10.C2H6/c1-3-7-11-9-5-2-6-10-12(11)8-4-1;1-2/h1-5,8-10H,7H2;1-2H3. The van der Waals surface area contributed by atoms with Gasteiger partial charge in [-0.15, -0.1) is 5.73 Å². The van der Waals surface area contributed by atoms with Crippen LogP contribution in [0.25, 0.3) is 0 Å². The van der Waals surface area contributed by atoms with Gasteiger partial charge in [-0.1, -0.05) is 50.3 Å². The summed E-state index contributed by atoms with van der Waals surface area (Å²) in [6.45, 7) is 4.00. The molecule has 0 bridgehead atoms. The van der Waals surface area contributed by atoms with Crippen LogP contribution in [0.1, 0.15) is 20.3 Å². The highest BCUT2D eigenvalue weighted by atomic mass is 14.0. The second-order valence-electron chi connectivity index (χ2n) is 2.81. The van der Waals surface area contributed by atoms with Crippen molar-refractivity contribution in [2.45, 2.75) is 20.3 Å². The first-order valence-electron chi connectivity index (χ1n) is 5.12. The van der Waals surface area contributed by atoms with E-state index >= 15 is 0 Å². The smallest absolute Gasteiger partial charge is 0.00882 e. The molecule has 0 aromatic carbocycles. The summed E-state index contributed by atoms with van der Waals surface area (Å²) in [6, 6.07) is 0. The van der Waals surface area contributed by atoms with E-state index in [4.69, 9.17) is 0 Å². The van der Waals surface area contributed by atoms with Gasteiger partial charge in [0, 0.05) is 0 Å². The van der Waals surface area contributed by atoms with Crippen LogP contribution in [0.5, 0.6) is 0 Å². The van der Waals surface area contributed by atoms with Gasteiger partial charge in [0.05, 0.1) is 0 Å². The van der Waals surface area contributed by atoms with E-state index in [1.165, 1.54) is 11.1 Å². The molecule has 2 aliphatic carbocycles. The fourth-order valence-electron chi connectivity index (χ4n) is 1.32. The molecule has 0 aliphatic heterocycles. The molecule has 0 radical (unpaired) electrons. The molecule has 0 saturated carbocycles. The molecule has 2 aliphatic rings. The minimum atomic E-state index is 1.02. The molecule has 0 nitrogen and oxygen atoms in total. The first-order chi connectivity index (χ1) is 6.97. The van der Waals surface area contributed by atoms with Crippen molar-refractivity contribution in [3.05, 3.63) is 65.5 Å². The molecule has 0 aromatic rings. The highest BCUT2D eigenvalue weighted by molar-refractivity contribution is 5.46. The zero-order chi connectivity index (χ0) is 10.2. The lowest BCUT2D eigenvalue weighted by Crippen LogP contribution is -1.79. The van der Waals surface area contributed by atoms with Crippen LogP contribution in [0.15, 0.2) is 65.5 Å². The second-order valence-corrected chi connectivity index (χ2v) is 2.81. The largest absolute Gasteiger partial charge is 0.120 e. The summed E-state index contributed by atoms with van der Waals surface area (Å²) in [5.41, 5.74) is 5.73. The maximum atomic E-state index is 3.10. The highest BCUT2D eigenvalue weighted by Gasteiger charge is 1.99. The van der Waals surface area contributed by atoms with Gasteiger partial charge in [-0.05, 0) is 29.7 Å². The number of allylic oxidation sites excluding steroid dienone is 9. The van der Waals surface area contributed by atoms with Gasteiger partial charge in [0.2, 0.25) is 0 Å². The summed E-state index contributed by atoms with van der Waals surface area (Å²) in [4.78, 5) is 0.